The standard InChI is InChI=1S/C34H26Cl2FN3O5/c1-20-27(35)9-4-11-31(20)45-24-7-2-6-21(14-24)33(41)40-12-5-13-44-32-25(8-3-10-30(32)40)23-17-38-39(18-23)19-26-28(36)15-22(34(42)43)16-29(26)37/h2-4,6-11,14-18H,5,12-13,19H2,1H3,(H,42,43). The SMILES string of the molecule is Cc1c(Cl)cccc1Oc1cccc(C(=O)N2CCCOc3c(-c4cnn(Cc5c(F)cc(C(=O)O)cc5Cl)c4)cccc32)c1. The van der Waals surface area contributed by atoms with Gasteiger partial charge < -0.3 is 19.5 Å². The zero-order valence-corrected chi connectivity index (χ0v) is 25.5. The lowest BCUT2D eigenvalue weighted by Gasteiger charge is -2.23. The number of carbonyl (C=O) groups is 2. The van der Waals surface area contributed by atoms with Gasteiger partial charge in [-0.2, -0.15) is 5.10 Å². The van der Waals surface area contributed by atoms with Crippen LogP contribution >= 0.6 is 23.2 Å². The average Bonchev–Trinajstić information content (AvgIpc) is 3.38. The van der Waals surface area contributed by atoms with Crippen LogP contribution < -0.4 is 14.4 Å². The Balaban J connectivity index is 1.28. The molecule has 0 saturated heterocycles. The van der Waals surface area contributed by atoms with Crippen molar-refractivity contribution in [2.75, 3.05) is 18.1 Å². The Hall–Kier alpha value is -4.86. The summed E-state index contributed by atoms with van der Waals surface area (Å²) in [4.78, 5) is 26.8. The second-order valence-electron chi connectivity index (χ2n) is 10.5. The Bertz CT molecular complexity index is 1920. The molecule has 1 aliphatic rings. The molecular formula is C34H26Cl2FN3O5. The van der Waals surface area contributed by atoms with Gasteiger partial charge in [0.05, 0.1) is 30.6 Å². The van der Waals surface area contributed by atoms with E-state index in [0.29, 0.717) is 64.2 Å². The molecule has 1 N–H and O–H groups in total. The number of hydrogen-bond acceptors (Lipinski definition) is 5. The molecule has 0 atom stereocenters. The molecule has 1 aliphatic heterocycles. The number of amides is 1. The van der Waals surface area contributed by atoms with Gasteiger partial charge in [-0.05, 0) is 61.9 Å². The molecule has 0 unspecified atom stereocenters. The van der Waals surface area contributed by atoms with Crippen LogP contribution in [0.5, 0.6) is 17.2 Å². The van der Waals surface area contributed by atoms with Gasteiger partial charge >= 0.3 is 5.97 Å². The quantitative estimate of drug-likeness (QED) is 0.191. The Morgan fingerprint density at radius 1 is 1.02 bits per heavy atom. The van der Waals surface area contributed by atoms with Crippen LogP contribution in [0.1, 0.15) is 38.3 Å². The van der Waals surface area contributed by atoms with Crippen molar-refractivity contribution in [3.05, 3.63) is 123 Å². The van der Waals surface area contributed by atoms with Gasteiger partial charge in [-0.15, -0.1) is 0 Å². The smallest absolute Gasteiger partial charge is 0.335 e. The van der Waals surface area contributed by atoms with Crippen LogP contribution in [0.15, 0.2) is 85.2 Å². The van der Waals surface area contributed by atoms with E-state index in [4.69, 9.17) is 32.7 Å². The van der Waals surface area contributed by atoms with Gasteiger partial charge in [0.25, 0.3) is 5.91 Å². The number of benzene rings is 4. The molecule has 2 heterocycles. The Kier molecular flexibility index (Phi) is 8.47. The number of anilines is 1. The molecule has 1 amide bonds. The van der Waals surface area contributed by atoms with E-state index < -0.39 is 11.8 Å². The van der Waals surface area contributed by atoms with Gasteiger partial charge in [-0.25, -0.2) is 9.18 Å². The summed E-state index contributed by atoms with van der Waals surface area (Å²) in [6, 6.07) is 20.1. The molecule has 45 heavy (non-hydrogen) atoms. The molecule has 0 bridgehead atoms. The maximum atomic E-state index is 14.7. The monoisotopic (exact) mass is 645 g/mol. The first kappa shape index (κ1) is 30.2. The summed E-state index contributed by atoms with van der Waals surface area (Å²) in [5.41, 5.74) is 3.14. The fraction of sp³-hybridized carbons (Fsp3) is 0.147. The molecule has 0 spiro atoms. The van der Waals surface area contributed by atoms with Crippen LogP contribution in [0.25, 0.3) is 11.1 Å². The summed E-state index contributed by atoms with van der Waals surface area (Å²) < 4.78 is 28.5. The Morgan fingerprint density at radius 3 is 2.62 bits per heavy atom. The molecule has 4 aromatic carbocycles. The summed E-state index contributed by atoms with van der Waals surface area (Å²) in [7, 11) is 0. The molecule has 0 fully saturated rings. The molecule has 0 saturated carbocycles. The third kappa shape index (κ3) is 6.22. The molecule has 1 aromatic heterocycles. The normalized spacial score (nSPS) is 12.7. The predicted molar refractivity (Wildman–Crippen MR) is 170 cm³/mol. The number of fused-ring (bicyclic) bond motifs is 1. The maximum Gasteiger partial charge on any atom is 0.335 e. The third-order valence-corrected chi connectivity index (χ3v) is 8.23. The van der Waals surface area contributed by atoms with Crippen LogP contribution in [0.3, 0.4) is 0 Å². The fourth-order valence-corrected chi connectivity index (χ4v) is 5.58. The average molecular weight is 647 g/mol. The van der Waals surface area contributed by atoms with Gasteiger partial charge in [0.15, 0.2) is 5.75 Å². The number of hydrogen-bond donors (Lipinski definition) is 1. The minimum atomic E-state index is -1.27. The number of para-hydroxylation sites is 1. The number of carboxylic acid groups (broad SMARTS) is 1. The molecule has 6 rings (SSSR count). The van der Waals surface area contributed by atoms with E-state index in [2.05, 4.69) is 5.10 Å². The minimum Gasteiger partial charge on any atom is -0.491 e. The number of carboxylic acids is 1. The maximum absolute atomic E-state index is 14.7. The molecule has 0 aliphatic carbocycles. The first-order valence-electron chi connectivity index (χ1n) is 14.0. The Morgan fingerprint density at radius 2 is 1.82 bits per heavy atom. The van der Waals surface area contributed by atoms with E-state index in [1.54, 1.807) is 53.7 Å². The number of rotatable bonds is 7. The molecule has 0 radical (unpaired) electrons. The largest absolute Gasteiger partial charge is 0.491 e. The first-order chi connectivity index (χ1) is 21.7. The van der Waals surface area contributed by atoms with E-state index in [1.807, 2.05) is 31.2 Å². The minimum absolute atomic E-state index is 0.00677. The summed E-state index contributed by atoms with van der Waals surface area (Å²) >= 11 is 12.5. The molecule has 5 aromatic rings. The van der Waals surface area contributed by atoms with E-state index in [0.717, 1.165) is 11.6 Å². The van der Waals surface area contributed by atoms with Gasteiger partial charge in [0, 0.05) is 50.6 Å². The number of aromatic nitrogens is 2. The van der Waals surface area contributed by atoms with E-state index in [-0.39, 0.29) is 28.6 Å². The second-order valence-corrected chi connectivity index (χ2v) is 11.3. The predicted octanol–water partition coefficient (Wildman–Crippen LogP) is 8.27. The van der Waals surface area contributed by atoms with Crippen LogP contribution in [0.4, 0.5) is 10.1 Å². The number of nitrogens with zero attached hydrogens (tertiary/aromatic N) is 3. The zero-order chi connectivity index (χ0) is 31.7. The van der Waals surface area contributed by atoms with Gasteiger partial charge in [0.1, 0.15) is 17.3 Å². The highest BCUT2D eigenvalue weighted by Crippen LogP contribution is 2.41. The van der Waals surface area contributed by atoms with Crippen molar-refractivity contribution in [2.45, 2.75) is 19.9 Å². The lowest BCUT2D eigenvalue weighted by atomic mass is 10.1. The van der Waals surface area contributed by atoms with E-state index in [9.17, 15) is 19.1 Å². The van der Waals surface area contributed by atoms with E-state index >= 15 is 0 Å². The van der Waals surface area contributed by atoms with Crippen molar-refractivity contribution in [2.24, 2.45) is 0 Å². The van der Waals surface area contributed by atoms with Crippen LogP contribution in [0.2, 0.25) is 10.0 Å². The van der Waals surface area contributed by atoms with Gasteiger partial charge in [0.2, 0.25) is 0 Å². The van der Waals surface area contributed by atoms with Crippen molar-refractivity contribution in [3.8, 4) is 28.4 Å². The topological polar surface area (TPSA) is 93.9 Å². The van der Waals surface area contributed by atoms with Crippen molar-refractivity contribution in [1.82, 2.24) is 9.78 Å². The van der Waals surface area contributed by atoms with Crippen molar-refractivity contribution >= 4 is 40.8 Å². The summed E-state index contributed by atoms with van der Waals surface area (Å²) in [5, 5.41) is 14.1. The first-order valence-corrected chi connectivity index (χ1v) is 14.8. The second kappa shape index (κ2) is 12.6. The molecule has 228 valence electrons. The molecule has 8 nitrogen and oxygen atoms in total. The molecule has 11 heteroatoms. The molecular weight excluding hydrogens is 620 g/mol. The number of carbonyl (C=O) groups excluding carboxylic acids is 1. The fourth-order valence-electron chi connectivity index (χ4n) is 5.15. The van der Waals surface area contributed by atoms with Crippen LogP contribution in [-0.2, 0) is 6.54 Å². The number of aromatic carboxylic acids is 1. The van der Waals surface area contributed by atoms with Crippen molar-refractivity contribution < 1.29 is 28.6 Å². The van der Waals surface area contributed by atoms with Gasteiger partial charge in [-0.1, -0.05) is 47.5 Å². The zero-order valence-electron chi connectivity index (χ0n) is 24.0. The number of halogens is 3. The van der Waals surface area contributed by atoms with Crippen molar-refractivity contribution in [3.63, 3.8) is 0 Å². The Labute approximate surface area is 268 Å². The van der Waals surface area contributed by atoms with E-state index in [1.165, 1.54) is 10.7 Å². The van der Waals surface area contributed by atoms with Crippen molar-refractivity contribution in [1.29, 1.82) is 0 Å². The highest BCUT2D eigenvalue weighted by Gasteiger charge is 2.26. The third-order valence-electron chi connectivity index (χ3n) is 7.48. The summed E-state index contributed by atoms with van der Waals surface area (Å²) in [6.45, 7) is 2.69. The highest BCUT2D eigenvalue weighted by molar-refractivity contribution is 6.32. The van der Waals surface area contributed by atoms with Gasteiger partial charge in [-0.3, -0.25) is 9.48 Å². The summed E-state index contributed by atoms with van der Waals surface area (Å²) in [5.74, 6) is -0.576. The lowest BCUT2D eigenvalue weighted by Crippen LogP contribution is -2.31. The highest BCUT2D eigenvalue weighted by atomic mass is 35.5. The van der Waals surface area contributed by atoms with Crippen LogP contribution in [-0.4, -0.2) is 39.9 Å². The summed E-state index contributed by atoms with van der Waals surface area (Å²) in [6.07, 6.45) is 3.95. The lowest BCUT2D eigenvalue weighted by molar-refractivity contribution is 0.0696. The number of ether oxygens (including phenoxy) is 2. The van der Waals surface area contributed by atoms with Crippen LogP contribution in [0, 0.1) is 12.7 Å².